The van der Waals surface area contributed by atoms with E-state index in [-0.39, 0.29) is 11.9 Å². The summed E-state index contributed by atoms with van der Waals surface area (Å²) in [5, 5.41) is 0. The Labute approximate surface area is 146 Å². The van der Waals surface area contributed by atoms with Gasteiger partial charge in [0, 0.05) is 38.3 Å². The molecule has 3 heterocycles. The fourth-order valence-corrected chi connectivity index (χ4v) is 3.71. The molecule has 2 aliphatic rings. The van der Waals surface area contributed by atoms with Crippen molar-refractivity contribution in [3.8, 4) is 0 Å². The molecule has 3 rings (SSSR count). The largest absolute Gasteiger partial charge is 0.366 e. The first-order valence-corrected chi connectivity index (χ1v) is 8.80. The second-order valence-corrected chi connectivity index (χ2v) is 6.83. The highest BCUT2D eigenvalue weighted by Crippen LogP contribution is 2.33. The summed E-state index contributed by atoms with van der Waals surface area (Å²) in [6, 6.07) is 2.75. The number of nitrogens with zero attached hydrogens (tertiary/aromatic N) is 3. The number of aromatic nitrogens is 1. The molecule has 0 radical (unpaired) electrons. The average Bonchev–Trinajstić information content (AvgIpc) is 3.00. The van der Waals surface area contributed by atoms with E-state index in [4.69, 9.17) is 0 Å². The number of carbonyl (C=O) groups is 2. The van der Waals surface area contributed by atoms with Gasteiger partial charge in [0.25, 0.3) is 5.91 Å². The lowest BCUT2D eigenvalue weighted by Crippen LogP contribution is -2.54. The molecule has 1 aromatic rings. The monoisotopic (exact) mass is 351 g/mol. The SMILES string of the molecule is Cc1cccnc1C(F)(F)C(=O)N1CCCCC1CN1CCCC1=O. The van der Waals surface area contributed by atoms with E-state index in [1.54, 1.807) is 11.0 Å². The van der Waals surface area contributed by atoms with Crippen LogP contribution in [0, 0.1) is 6.92 Å². The Bertz CT molecular complexity index is 665. The van der Waals surface area contributed by atoms with Crippen molar-refractivity contribution < 1.29 is 18.4 Å². The molecular weight excluding hydrogens is 328 g/mol. The Morgan fingerprint density at radius 1 is 1.32 bits per heavy atom. The molecule has 2 fully saturated rings. The number of carbonyl (C=O) groups excluding carboxylic acids is 2. The number of halogens is 2. The number of likely N-dealkylation sites (tertiary alicyclic amines) is 2. The van der Waals surface area contributed by atoms with Gasteiger partial charge in [-0.1, -0.05) is 6.07 Å². The Morgan fingerprint density at radius 3 is 2.80 bits per heavy atom. The Hall–Kier alpha value is -2.05. The fourth-order valence-electron chi connectivity index (χ4n) is 3.71. The van der Waals surface area contributed by atoms with Crippen LogP contribution in [0.5, 0.6) is 0 Å². The van der Waals surface area contributed by atoms with Gasteiger partial charge in [-0.05, 0) is 44.2 Å². The third kappa shape index (κ3) is 3.50. The number of pyridine rings is 1. The van der Waals surface area contributed by atoms with Crippen LogP contribution in [0.1, 0.15) is 43.4 Å². The van der Waals surface area contributed by atoms with Gasteiger partial charge < -0.3 is 9.80 Å². The van der Waals surface area contributed by atoms with Crippen LogP contribution in [-0.4, -0.2) is 52.3 Å². The van der Waals surface area contributed by atoms with Crippen molar-refractivity contribution in [2.75, 3.05) is 19.6 Å². The van der Waals surface area contributed by atoms with Gasteiger partial charge in [0.1, 0.15) is 5.69 Å². The predicted octanol–water partition coefficient (Wildman–Crippen LogP) is 2.49. The fraction of sp³-hybridized carbons (Fsp3) is 0.611. The Kier molecular flexibility index (Phi) is 5.01. The zero-order valence-corrected chi connectivity index (χ0v) is 14.4. The first-order valence-electron chi connectivity index (χ1n) is 8.80. The van der Waals surface area contributed by atoms with Crippen LogP contribution in [0.2, 0.25) is 0 Å². The van der Waals surface area contributed by atoms with Gasteiger partial charge in [-0.2, -0.15) is 8.78 Å². The first kappa shape index (κ1) is 17.8. The summed E-state index contributed by atoms with van der Waals surface area (Å²) >= 11 is 0. The predicted molar refractivity (Wildman–Crippen MR) is 88.0 cm³/mol. The summed E-state index contributed by atoms with van der Waals surface area (Å²) in [7, 11) is 0. The normalized spacial score (nSPS) is 21.7. The summed E-state index contributed by atoms with van der Waals surface area (Å²) in [4.78, 5) is 31.2. The van der Waals surface area contributed by atoms with Crippen LogP contribution in [0.3, 0.4) is 0 Å². The molecule has 0 bridgehead atoms. The zero-order chi connectivity index (χ0) is 18.0. The molecule has 136 valence electrons. The highest BCUT2D eigenvalue weighted by molar-refractivity contribution is 5.85. The number of hydrogen-bond donors (Lipinski definition) is 0. The minimum atomic E-state index is -3.66. The molecule has 1 unspecified atom stereocenters. The van der Waals surface area contributed by atoms with E-state index in [0.717, 1.165) is 12.8 Å². The summed E-state index contributed by atoms with van der Waals surface area (Å²) in [5.41, 5.74) is -0.189. The van der Waals surface area contributed by atoms with Crippen LogP contribution in [0.15, 0.2) is 18.3 Å². The van der Waals surface area contributed by atoms with E-state index in [9.17, 15) is 18.4 Å². The molecule has 0 spiro atoms. The molecule has 25 heavy (non-hydrogen) atoms. The molecule has 0 aromatic carbocycles. The maximum absolute atomic E-state index is 14.8. The number of alkyl halides is 2. The molecule has 7 heteroatoms. The molecule has 2 aliphatic heterocycles. The van der Waals surface area contributed by atoms with Crippen molar-refractivity contribution >= 4 is 11.8 Å². The quantitative estimate of drug-likeness (QED) is 0.837. The second-order valence-electron chi connectivity index (χ2n) is 6.83. The number of piperidine rings is 1. The molecule has 2 amide bonds. The van der Waals surface area contributed by atoms with E-state index in [2.05, 4.69) is 4.98 Å². The molecule has 1 aromatic heterocycles. The van der Waals surface area contributed by atoms with Gasteiger partial charge in [-0.3, -0.25) is 14.6 Å². The second kappa shape index (κ2) is 7.06. The van der Waals surface area contributed by atoms with Crippen molar-refractivity contribution in [1.82, 2.24) is 14.8 Å². The van der Waals surface area contributed by atoms with Gasteiger partial charge in [-0.25, -0.2) is 0 Å². The molecule has 2 saturated heterocycles. The molecule has 0 saturated carbocycles. The molecule has 0 N–H and O–H groups in total. The smallest absolute Gasteiger partial charge is 0.341 e. The lowest BCUT2D eigenvalue weighted by atomic mass is 9.99. The number of amides is 2. The minimum absolute atomic E-state index is 0.0466. The maximum Gasteiger partial charge on any atom is 0.366 e. The zero-order valence-electron chi connectivity index (χ0n) is 14.4. The van der Waals surface area contributed by atoms with Crippen LogP contribution in [0.25, 0.3) is 0 Å². The van der Waals surface area contributed by atoms with Crippen LogP contribution in [0.4, 0.5) is 8.78 Å². The van der Waals surface area contributed by atoms with Crippen molar-refractivity contribution in [3.05, 3.63) is 29.6 Å². The average molecular weight is 351 g/mol. The summed E-state index contributed by atoms with van der Waals surface area (Å²) in [6.45, 7) is 2.82. The minimum Gasteiger partial charge on any atom is -0.341 e. The van der Waals surface area contributed by atoms with Crippen LogP contribution < -0.4 is 0 Å². The molecular formula is C18H23F2N3O2. The van der Waals surface area contributed by atoms with Gasteiger partial charge in [0.05, 0.1) is 0 Å². The van der Waals surface area contributed by atoms with Crippen molar-refractivity contribution in [2.45, 2.75) is 51.0 Å². The number of rotatable bonds is 4. The third-order valence-electron chi connectivity index (χ3n) is 5.07. The van der Waals surface area contributed by atoms with Gasteiger partial charge in [0.2, 0.25) is 5.91 Å². The van der Waals surface area contributed by atoms with Gasteiger partial charge in [0.15, 0.2) is 0 Å². The van der Waals surface area contributed by atoms with Crippen LogP contribution >= 0.6 is 0 Å². The van der Waals surface area contributed by atoms with Crippen molar-refractivity contribution in [2.24, 2.45) is 0 Å². The standard InChI is InChI=1S/C18H23F2N3O2/c1-13-6-4-9-21-16(13)18(19,20)17(25)23-11-3-2-7-14(23)12-22-10-5-8-15(22)24/h4,6,9,14H,2-3,5,7-8,10-12H2,1H3. The van der Waals surface area contributed by atoms with Crippen LogP contribution in [-0.2, 0) is 15.5 Å². The van der Waals surface area contributed by atoms with E-state index in [1.165, 1.54) is 24.1 Å². The molecule has 1 atom stereocenters. The first-order chi connectivity index (χ1) is 11.9. The number of aryl methyl sites for hydroxylation is 1. The summed E-state index contributed by atoms with van der Waals surface area (Å²) < 4.78 is 29.6. The maximum atomic E-state index is 14.8. The molecule has 0 aliphatic carbocycles. The van der Waals surface area contributed by atoms with E-state index in [1.807, 2.05) is 0 Å². The van der Waals surface area contributed by atoms with Gasteiger partial charge in [-0.15, -0.1) is 0 Å². The lowest BCUT2D eigenvalue weighted by Gasteiger charge is -2.39. The van der Waals surface area contributed by atoms with Gasteiger partial charge >= 0.3 is 5.92 Å². The van der Waals surface area contributed by atoms with Crippen molar-refractivity contribution in [3.63, 3.8) is 0 Å². The van der Waals surface area contributed by atoms with E-state index in [0.29, 0.717) is 44.5 Å². The Balaban J connectivity index is 1.80. The highest BCUT2D eigenvalue weighted by atomic mass is 19.3. The highest BCUT2D eigenvalue weighted by Gasteiger charge is 2.48. The summed E-state index contributed by atoms with van der Waals surface area (Å²) in [6.07, 6.45) is 4.80. The third-order valence-corrected chi connectivity index (χ3v) is 5.07. The summed E-state index contributed by atoms with van der Waals surface area (Å²) in [5.74, 6) is -4.81. The molecule has 5 nitrogen and oxygen atoms in total. The topological polar surface area (TPSA) is 53.5 Å². The number of hydrogen-bond acceptors (Lipinski definition) is 3. The van der Waals surface area contributed by atoms with Crippen molar-refractivity contribution in [1.29, 1.82) is 0 Å². The lowest BCUT2D eigenvalue weighted by molar-refractivity contribution is -0.164. The van der Waals surface area contributed by atoms with E-state index < -0.39 is 17.5 Å². The van der Waals surface area contributed by atoms with E-state index >= 15 is 0 Å². The Morgan fingerprint density at radius 2 is 2.12 bits per heavy atom.